The van der Waals surface area contributed by atoms with E-state index in [1.54, 1.807) is 12.3 Å². The molecule has 3 N–H and O–H groups in total. The Morgan fingerprint density at radius 3 is 2.82 bits per heavy atom. The van der Waals surface area contributed by atoms with Gasteiger partial charge in [-0.05, 0) is 41.8 Å². The van der Waals surface area contributed by atoms with E-state index in [4.69, 9.17) is 0 Å². The number of amides is 1. The van der Waals surface area contributed by atoms with Gasteiger partial charge >= 0.3 is 0 Å². The average molecular weight is 371 g/mol. The van der Waals surface area contributed by atoms with Gasteiger partial charge in [-0.3, -0.25) is 14.7 Å². The number of rotatable bonds is 6. The average Bonchev–Trinajstić information content (AvgIpc) is 3.02. The highest BCUT2D eigenvalue weighted by Gasteiger charge is 2.36. The van der Waals surface area contributed by atoms with Gasteiger partial charge in [0.2, 0.25) is 6.34 Å². The maximum Gasteiger partial charge on any atom is 0.268 e. The third-order valence-corrected chi connectivity index (χ3v) is 4.53. The largest absolute Gasteiger partial charge is 0.548 e. The summed E-state index contributed by atoms with van der Waals surface area (Å²) in [4.78, 5) is 26.1. The second-order valence-electron chi connectivity index (χ2n) is 5.73. The highest BCUT2D eigenvalue weighted by atomic mass is 79.9. The van der Waals surface area contributed by atoms with Crippen molar-refractivity contribution in [3.63, 3.8) is 0 Å². The summed E-state index contributed by atoms with van der Waals surface area (Å²) in [6.45, 7) is 2.78. The minimum absolute atomic E-state index is 0.173. The third kappa shape index (κ3) is 3.68. The molecule has 1 aliphatic rings. The van der Waals surface area contributed by atoms with E-state index in [1.807, 2.05) is 24.9 Å². The van der Waals surface area contributed by atoms with Gasteiger partial charge in [0.25, 0.3) is 5.91 Å². The number of aromatic nitrogens is 1. The molecule has 2 atom stereocenters. The van der Waals surface area contributed by atoms with Gasteiger partial charge in [-0.2, -0.15) is 0 Å². The van der Waals surface area contributed by atoms with Crippen molar-refractivity contribution in [3.8, 4) is 0 Å². The summed E-state index contributed by atoms with van der Waals surface area (Å²) in [6, 6.07) is 0.562. The molecule has 0 radical (unpaired) electrons. The number of aliphatic carboxylic acids is 1. The molecular weight excluding hydrogens is 352 g/mol. The van der Waals surface area contributed by atoms with E-state index in [9.17, 15) is 14.7 Å². The van der Waals surface area contributed by atoms with Crippen LogP contribution < -0.4 is 15.7 Å². The van der Waals surface area contributed by atoms with Crippen LogP contribution in [0.5, 0.6) is 0 Å². The van der Waals surface area contributed by atoms with E-state index in [1.165, 1.54) is 0 Å². The van der Waals surface area contributed by atoms with E-state index in [0.29, 0.717) is 18.5 Å². The number of nitrogens with one attached hydrogen (secondary N) is 3. The van der Waals surface area contributed by atoms with Gasteiger partial charge < -0.3 is 20.2 Å². The monoisotopic (exact) mass is 370 g/mol. The van der Waals surface area contributed by atoms with Crippen LogP contribution in [0.4, 0.5) is 0 Å². The van der Waals surface area contributed by atoms with E-state index in [0.717, 1.165) is 11.0 Å². The van der Waals surface area contributed by atoms with Crippen molar-refractivity contribution in [1.82, 2.24) is 15.6 Å². The van der Waals surface area contributed by atoms with E-state index >= 15 is 0 Å². The van der Waals surface area contributed by atoms with E-state index < -0.39 is 17.9 Å². The number of halogens is 1. The van der Waals surface area contributed by atoms with Crippen LogP contribution in [0.1, 0.15) is 30.3 Å². The lowest BCUT2D eigenvalue weighted by atomic mass is 9.93. The summed E-state index contributed by atoms with van der Waals surface area (Å²) in [7, 11) is 1.93. The van der Waals surface area contributed by atoms with Crippen molar-refractivity contribution in [3.05, 3.63) is 22.4 Å². The molecule has 8 heteroatoms. The number of likely N-dealkylation sites (N-methyl/N-ethyl adjacent to an activating group) is 1. The molecule has 0 saturated carbocycles. The number of H-pyrrole nitrogens is 1. The van der Waals surface area contributed by atoms with Crippen molar-refractivity contribution in [2.24, 2.45) is 0 Å². The number of nitrogens with zero attached hydrogens (tertiary/aromatic N) is 1. The Bertz CT molecular complexity index is 613. The lowest BCUT2D eigenvalue weighted by Gasteiger charge is -2.25. The lowest BCUT2D eigenvalue weighted by Crippen LogP contribution is -2.49. The van der Waals surface area contributed by atoms with Crippen LogP contribution in [0.15, 0.2) is 16.7 Å². The Morgan fingerprint density at radius 1 is 1.59 bits per heavy atom. The zero-order valence-corrected chi connectivity index (χ0v) is 14.1. The van der Waals surface area contributed by atoms with Gasteiger partial charge in [0.1, 0.15) is 17.8 Å². The van der Waals surface area contributed by atoms with Crippen molar-refractivity contribution in [2.75, 3.05) is 13.6 Å². The predicted molar refractivity (Wildman–Crippen MR) is 82.6 cm³/mol. The number of hydrogen-bond donors (Lipinski definition) is 3. The standard InChI is InChI=1S/C14H19BrN4O3/c1-14(7-16-8-19(14)2)4-3-10(13(21)22)18-12(20)11-5-9(15)6-17-11/h5-6,8,10H,3-4,7H2,1-2H3,(H3,17,18,20,21,22)/t10-,14-/m0/s1. The first-order chi connectivity index (χ1) is 10.3. The van der Waals surface area contributed by atoms with Gasteiger partial charge in [0.15, 0.2) is 0 Å². The van der Waals surface area contributed by atoms with Crippen LogP contribution in [0.3, 0.4) is 0 Å². The molecule has 2 rings (SSSR count). The van der Waals surface area contributed by atoms with Crippen LogP contribution in [-0.2, 0) is 4.79 Å². The number of carbonyl (C=O) groups excluding carboxylic acids is 2. The second-order valence-corrected chi connectivity index (χ2v) is 6.65. The van der Waals surface area contributed by atoms with Crippen LogP contribution in [-0.4, -0.2) is 52.9 Å². The molecule has 0 aliphatic carbocycles. The van der Waals surface area contributed by atoms with Crippen molar-refractivity contribution in [2.45, 2.75) is 31.3 Å². The molecule has 1 aliphatic heterocycles. The van der Waals surface area contributed by atoms with Gasteiger partial charge in [-0.1, -0.05) is 0 Å². The highest BCUT2D eigenvalue weighted by molar-refractivity contribution is 9.10. The Kier molecular flexibility index (Phi) is 4.90. The smallest absolute Gasteiger partial charge is 0.268 e. The number of aromatic amines is 1. The summed E-state index contributed by atoms with van der Waals surface area (Å²) in [5.41, 5.74) is 0.130. The van der Waals surface area contributed by atoms with Crippen LogP contribution in [0.25, 0.3) is 0 Å². The maximum absolute atomic E-state index is 12.0. The topological polar surface area (TPSA) is 100 Å². The van der Waals surface area contributed by atoms with Gasteiger partial charge in [-0.25, -0.2) is 0 Å². The number of carboxylic acid groups (broad SMARTS) is 1. The Morgan fingerprint density at radius 2 is 2.32 bits per heavy atom. The number of carbonyl (C=O) groups is 2. The normalized spacial score (nSPS) is 21.9. The molecule has 1 aromatic heterocycles. The molecule has 0 unspecified atom stereocenters. The molecule has 0 spiro atoms. The van der Waals surface area contributed by atoms with Gasteiger partial charge in [-0.15, -0.1) is 0 Å². The van der Waals surface area contributed by atoms with E-state index in [2.05, 4.69) is 31.5 Å². The summed E-state index contributed by atoms with van der Waals surface area (Å²) < 4.78 is 2.74. The fourth-order valence-corrected chi connectivity index (χ4v) is 2.73. The van der Waals surface area contributed by atoms with Crippen LogP contribution >= 0.6 is 15.9 Å². The lowest BCUT2D eigenvalue weighted by molar-refractivity contribution is -0.565. The molecule has 22 heavy (non-hydrogen) atoms. The zero-order valence-electron chi connectivity index (χ0n) is 12.5. The number of hydrogen-bond acceptors (Lipinski definition) is 4. The summed E-state index contributed by atoms with van der Waals surface area (Å²) in [5, 5.41) is 16.9. The first kappa shape index (κ1) is 16.5. The molecule has 120 valence electrons. The fraction of sp³-hybridized carbons (Fsp3) is 0.500. The quantitative estimate of drug-likeness (QED) is 0.584. The summed E-state index contributed by atoms with van der Waals surface area (Å²) >= 11 is 3.23. The van der Waals surface area contributed by atoms with Crippen molar-refractivity contribution < 1.29 is 19.3 Å². The SMILES string of the molecule is C[N+]1=CNC[C@]1(C)CC[C@H](NC(=O)c1cc(Br)c[nH]1)C(=O)[O-]. The summed E-state index contributed by atoms with van der Waals surface area (Å²) in [6.07, 6.45) is 4.38. The molecule has 0 bridgehead atoms. The predicted octanol–water partition coefficient (Wildman–Crippen LogP) is -0.562. The molecule has 0 fully saturated rings. The first-order valence-corrected chi connectivity index (χ1v) is 7.76. The first-order valence-electron chi connectivity index (χ1n) is 6.97. The number of carboxylic acids is 1. The van der Waals surface area contributed by atoms with Crippen molar-refractivity contribution >= 4 is 34.1 Å². The van der Waals surface area contributed by atoms with Gasteiger partial charge in [0.05, 0.1) is 19.1 Å². The van der Waals surface area contributed by atoms with Crippen LogP contribution in [0, 0.1) is 0 Å². The molecule has 0 saturated heterocycles. The second kappa shape index (κ2) is 6.51. The minimum atomic E-state index is -1.28. The highest BCUT2D eigenvalue weighted by Crippen LogP contribution is 2.19. The van der Waals surface area contributed by atoms with Crippen molar-refractivity contribution in [1.29, 1.82) is 0 Å². The Labute approximate surface area is 136 Å². The Balaban J connectivity index is 1.97. The zero-order chi connectivity index (χ0) is 16.3. The Hall–Kier alpha value is -1.83. The molecule has 1 aromatic rings. The molecule has 0 aromatic carbocycles. The van der Waals surface area contributed by atoms with Crippen LogP contribution in [0.2, 0.25) is 0 Å². The molecule has 7 nitrogen and oxygen atoms in total. The minimum Gasteiger partial charge on any atom is -0.548 e. The fourth-order valence-electron chi connectivity index (χ4n) is 2.39. The molecular formula is C14H19BrN4O3. The van der Waals surface area contributed by atoms with Gasteiger partial charge in [0, 0.05) is 10.7 Å². The molecule has 1 amide bonds. The van der Waals surface area contributed by atoms with E-state index in [-0.39, 0.29) is 5.54 Å². The maximum atomic E-state index is 12.0. The molecule has 2 heterocycles. The summed E-state index contributed by atoms with van der Waals surface area (Å²) in [5.74, 6) is -1.74. The third-order valence-electron chi connectivity index (χ3n) is 4.07.